The highest BCUT2D eigenvalue weighted by Crippen LogP contribution is 2.26. The number of hydrogen-bond donors (Lipinski definition) is 1. The van der Waals surface area contributed by atoms with Crippen LogP contribution in [0.5, 0.6) is 5.75 Å². The Morgan fingerprint density at radius 3 is 2.70 bits per heavy atom. The number of piperazine rings is 1. The van der Waals surface area contributed by atoms with Crippen molar-refractivity contribution in [2.45, 2.75) is 6.42 Å². The second kappa shape index (κ2) is 9.06. The van der Waals surface area contributed by atoms with E-state index in [1.54, 1.807) is 6.07 Å². The molecule has 5 nitrogen and oxygen atoms in total. The van der Waals surface area contributed by atoms with Crippen molar-refractivity contribution in [3.8, 4) is 5.75 Å². The quantitative estimate of drug-likeness (QED) is 0.514. The summed E-state index contributed by atoms with van der Waals surface area (Å²) in [6.45, 7) is 5.81. The third-order valence-electron chi connectivity index (χ3n) is 4.87. The summed E-state index contributed by atoms with van der Waals surface area (Å²) in [5, 5.41) is 1.29. The van der Waals surface area contributed by atoms with Crippen molar-refractivity contribution in [1.82, 2.24) is 14.9 Å². The van der Waals surface area contributed by atoms with Gasteiger partial charge in [-0.3, -0.25) is 4.90 Å². The molecule has 7 heteroatoms. The number of anilines is 1. The predicted molar refractivity (Wildman–Crippen MR) is 109 cm³/mol. The Morgan fingerprint density at radius 1 is 1.07 bits per heavy atom. The second-order valence-electron chi connectivity index (χ2n) is 6.56. The monoisotopic (exact) mass is 390 g/mol. The van der Waals surface area contributed by atoms with Crippen LogP contribution in [-0.4, -0.2) is 54.2 Å². The van der Waals surface area contributed by atoms with Gasteiger partial charge in [0.15, 0.2) is 0 Å². The Morgan fingerprint density at radius 2 is 1.93 bits per heavy atom. The molecule has 2 aromatic heterocycles. The number of rotatable bonds is 6. The third-order valence-corrected chi connectivity index (χ3v) is 4.87. The Hall–Kier alpha value is -2.31. The van der Waals surface area contributed by atoms with E-state index >= 15 is 0 Å². The van der Waals surface area contributed by atoms with Crippen LogP contribution in [0.3, 0.4) is 0 Å². The molecule has 0 atom stereocenters. The van der Waals surface area contributed by atoms with Gasteiger partial charge in [-0.05, 0) is 36.8 Å². The molecule has 1 aliphatic heterocycles. The van der Waals surface area contributed by atoms with Crippen molar-refractivity contribution in [2.75, 3.05) is 44.2 Å². The van der Waals surface area contributed by atoms with Crippen LogP contribution < -0.4 is 9.64 Å². The molecule has 27 heavy (non-hydrogen) atoms. The number of hydrogen-bond acceptors (Lipinski definition) is 4. The van der Waals surface area contributed by atoms with Gasteiger partial charge in [0.25, 0.3) is 0 Å². The maximum Gasteiger partial charge on any atom is 0.213 e. The lowest BCUT2D eigenvalue weighted by molar-refractivity contribution is 0.224. The maximum atomic E-state index is 12.8. The zero-order chi connectivity index (χ0) is 17.8. The summed E-state index contributed by atoms with van der Waals surface area (Å²) in [4.78, 5) is 11.8. The van der Waals surface area contributed by atoms with Crippen molar-refractivity contribution in [2.24, 2.45) is 0 Å². The molecule has 0 bridgehead atoms. The number of benzene rings is 1. The lowest BCUT2D eigenvalue weighted by Crippen LogP contribution is -2.46. The SMILES string of the molecule is Cl.Fc1ccc(OCCCN2CCN(c3cccc4[nH]ccc34)CC2)cn1. The van der Waals surface area contributed by atoms with Gasteiger partial charge in [-0.25, -0.2) is 4.98 Å². The number of halogens is 2. The molecule has 1 fully saturated rings. The van der Waals surface area contributed by atoms with Gasteiger partial charge < -0.3 is 14.6 Å². The molecule has 0 amide bonds. The summed E-state index contributed by atoms with van der Waals surface area (Å²) >= 11 is 0. The van der Waals surface area contributed by atoms with Crippen LogP contribution in [0.1, 0.15) is 6.42 Å². The number of aromatic amines is 1. The topological polar surface area (TPSA) is 44.4 Å². The fourth-order valence-electron chi connectivity index (χ4n) is 3.48. The van der Waals surface area contributed by atoms with Crippen LogP contribution in [0, 0.1) is 5.95 Å². The number of nitrogens with one attached hydrogen (secondary N) is 1. The Bertz CT molecular complexity index is 847. The highest BCUT2D eigenvalue weighted by molar-refractivity contribution is 5.92. The van der Waals surface area contributed by atoms with Crippen molar-refractivity contribution in [1.29, 1.82) is 0 Å². The third kappa shape index (κ3) is 4.70. The molecule has 1 aliphatic rings. The van der Waals surface area contributed by atoms with E-state index in [1.807, 2.05) is 6.20 Å². The summed E-state index contributed by atoms with van der Waals surface area (Å²) in [6.07, 6.45) is 4.38. The van der Waals surface area contributed by atoms with Gasteiger partial charge in [0.1, 0.15) is 5.75 Å². The van der Waals surface area contributed by atoms with E-state index in [-0.39, 0.29) is 12.4 Å². The van der Waals surface area contributed by atoms with E-state index in [9.17, 15) is 4.39 Å². The first-order chi connectivity index (χ1) is 12.8. The van der Waals surface area contributed by atoms with E-state index in [0.29, 0.717) is 12.4 Å². The van der Waals surface area contributed by atoms with E-state index < -0.39 is 5.95 Å². The summed E-state index contributed by atoms with van der Waals surface area (Å²) in [6, 6.07) is 11.5. The van der Waals surface area contributed by atoms with Crippen molar-refractivity contribution in [3.63, 3.8) is 0 Å². The van der Waals surface area contributed by atoms with E-state index in [4.69, 9.17) is 4.74 Å². The van der Waals surface area contributed by atoms with Crippen LogP contribution in [-0.2, 0) is 0 Å². The molecule has 0 spiro atoms. The predicted octanol–water partition coefficient (Wildman–Crippen LogP) is 3.71. The van der Waals surface area contributed by atoms with Gasteiger partial charge in [0.05, 0.1) is 12.8 Å². The number of H-pyrrole nitrogens is 1. The molecule has 1 N–H and O–H groups in total. The van der Waals surface area contributed by atoms with Gasteiger partial charge in [-0.15, -0.1) is 12.4 Å². The Balaban J connectivity index is 0.00000210. The molecule has 3 aromatic rings. The van der Waals surface area contributed by atoms with Crippen LogP contribution >= 0.6 is 12.4 Å². The van der Waals surface area contributed by atoms with E-state index in [1.165, 1.54) is 28.9 Å². The molecule has 0 unspecified atom stereocenters. The molecular formula is C20H24ClFN4O. The van der Waals surface area contributed by atoms with Gasteiger partial charge >= 0.3 is 0 Å². The Kier molecular flexibility index (Phi) is 6.53. The van der Waals surface area contributed by atoms with Gasteiger partial charge in [0.2, 0.25) is 5.95 Å². The fourth-order valence-corrected chi connectivity index (χ4v) is 3.48. The van der Waals surface area contributed by atoms with Crippen LogP contribution in [0.15, 0.2) is 48.8 Å². The molecule has 144 valence electrons. The summed E-state index contributed by atoms with van der Waals surface area (Å²) in [7, 11) is 0. The first-order valence-corrected chi connectivity index (χ1v) is 9.07. The van der Waals surface area contributed by atoms with Crippen molar-refractivity contribution < 1.29 is 9.13 Å². The zero-order valence-electron chi connectivity index (χ0n) is 15.1. The van der Waals surface area contributed by atoms with Crippen molar-refractivity contribution in [3.05, 3.63) is 54.7 Å². The average Bonchev–Trinajstić information content (AvgIpc) is 3.16. The van der Waals surface area contributed by atoms with Crippen LogP contribution in [0.4, 0.5) is 10.1 Å². The number of nitrogens with zero attached hydrogens (tertiary/aromatic N) is 3. The number of fused-ring (bicyclic) bond motifs is 1. The highest BCUT2D eigenvalue weighted by atomic mass is 35.5. The molecule has 0 radical (unpaired) electrons. The average molecular weight is 391 g/mol. The smallest absolute Gasteiger partial charge is 0.213 e. The van der Waals surface area contributed by atoms with Crippen LogP contribution in [0.25, 0.3) is 10.9 Å². The molecule has 0 aliphatic carbocycles. The van der Waals surface area contributed by atoms with Gasteiger partial charge in [-0.1, -0.05) is 6.07 Å². The fraction of sp³-hybridized carbons (Fsp3) is 0.350. The molecule has 1 aromatic carbocycles. The summed E-state index contributed by atoms with van der Waals surface area (Å²) in [5.41, 5.74) is 2.51. The summed E-state index contributed by atoms with van der Waals surface area (Å²) < 4.78 is 18.4. The van der Waals surface area contributed by atoms with E-state index in [2.05, 4.69) is 44.0 Å². The maximum absolute atomic E-state index is 12.8. The van der Waals surface area contributed by atoms with E-state index in [0.717, 1.165) is 39.1 Å². The van der Waals surface area contributed by atoms with Crippen LogP contribution in [0.2, 0.25) is 0 Å². The lowest BCUT2D eigenvalue weighted by Gasteiger charge is -2.36. The van der Waals surface area contributed by atoms with Gasteiger partial charge in [-0.2, -0.15) is 4.39 Å². The molecule has 3 heterocycles. The highest BCUT2D eigenvalue weighted by Gasteiger charge is 2.18. The number of aromatic nitrogens is 2. The lowest BCUT2D eigenvalue weighted by atomic mass is 10.1. The standard InChI is InChI=1S/C20H23FN4O.ClH/c21-20-6-5-16(15-23-20)26-14-2-9-24-10-12-25(13-11-24)19-4-1-3-18-17(19)7-8-22-18;/h1,3-8,15,22H,2,9-14H2;1H. The first-order valence-electron chi connectivity index (χ1n) is 9.07. The molecule has 0 saturated carbocycles. The summed E-state index contributed by atoms with van der Waals surface area (Å²) in [5.74, 6) is 0.140. The molecular weight excluding hydrogens is 367 g/mol. The number of ether oxygens (including phenoxy) is 1. The second-order valence-corrected chi connectivity index (χ2v) is 6.56. The molecule has 4 rings (SSSR count). The van der Waals surface area contributed by atoms with Gasteiger partial charge in [0, 0.05) is 55.5 Å². The Labute approximate surface area is 164 Å². The minimum Gasteiger partial charge on any atom is -0.492 e. The largest absolute Gasteiger partial charge is 0.492 e. The molecule has 1 saturated heterocycles. The zero-order valence-corrected chi connectivity index (χ0v) is 15.9. The normalized spacial score (nSPS) is 14.9. The number of pyridine rings is 1. The first kappa shape index (κ1) is 19.5. The minimum atomic E-state index is -0.481. The minimum absolute atomic E-state index is 0. The van der Waals surface area contributed by atoms with Crippen molar-refractivity contribution >= 4 is 29.0 Å².